The SMILES string of the molecule is c1ccc(-c2ccc(-c3ccccc3N(c3cccc(-c4cccc5ccccc45)c3)c3ccc(-c4ccc5ccccc5c4)c4ccccc34)cc2-n2c3ccccc3c3c4ccccc4ccc32)cc1. The van der Waals surface area contributed by atoms with Gasteiger partial charge in [-0.25, -0.2) is 0 Å². The molecule has 14 rings (SSSR count). The monoisotopic (exact) mass is 914 g/mol. The molecule has 72 heavy (non-hydrogen) atoms. The molecule has 13 aromatic carbocycles. The number of rotatable bonds is 8. The van der Waals surface area contributed by atoms with E-state index in [2.05, 4.69) is 289 Å². The quantitative estimate of drug-likeness (QED) is 0.147. The lowest BCUT2D eigenvalue weighted by molar-refractivity contribution is 1.18. The highest BCUT2D eigenvalue weighted by Crippen LogP contribution is 2.48. The van der Waals surface area contributed by atoms with Crippen LogP contribution in [0.3, 0.4) is 0 Å². The molecule has 0 aliphatic heterocycles. The van der Waals surface area contributed by atoms with Crippen LogP contribution in [0.5, 0.6) is 0 Å². The largest absolute Gasteiger partial charge is 0.309 e. The maximum absolute atomic E-state index is 2.50. The van der Waals surface area contributed by atoms with Gasteiger partial charge in [0.05, 0.1) is 28.1 Å². The summed E-state index contributed by atoms with van der Waals surface area (Å²) in [5.41, 5.74) is 16.1. The number of aromatic nitrogens is 1. The third-order valence-electron chi connectivity index (χ3n) is 14.7. The number of benzene rings is 13. The second kappa shape index (κ2) is 17.2. The summed E-state index contributed by atoms with van der Waals surface area (Å²) in [5, 5.41) is 12.3. The van der Waals surface area contributed by atoms with Gasteiger partial charge in [0.15, 0.2) is 0 Å². The zero-order valence-corrected chi connectivity index (χ0v) is 39.5. The van der Waals surface area contributed by atoms with Crippen molar-refractivity contribution < 1.29 is 0 Å². The van der Waals surface area contributed by atoms with Gasteiger partial charge in [0.2, 0.25) is 0 Å². The van der Waals surface area contributed by atoms with E-state index in [1.54, 1.807) is 0 Å². The molecular weight excluding hydrogens is 869 g/mol. The average Bonchev–Trinajstić information content (AvgIpc) is 3.80. The normalized spacial score (nSPS) is 11.6. The van der Waals surface area contributed by atoms with Crippen LogP contribution in [-0.2, 0) is 0 Å². The molecule has 2 heteroatoms. The number of fused-ring (bicyclic) bond motifs is 8. The van der Waals surface area contributed by atoms with E-state index in [0.717, 1.165) is 39.4 Å². The van der Waals surface area contributed by atoms with Crippen LogP contribution in [0.15, 0.2) is 279 Å². The second-order valence-electron chi connectivity index (χ2n) is 18.8. The number of nitrogens with zero attached hydrogens (tertiary/aromatic N) is 2. The zero-order chi connectivity index (χ0) is 47.5. The van der Waals surface area contributed by atoms with Crippen molar-refractivity contribution in [3.8, 4) is 50.2 Å². The number of hydrogen-bond acceptors (Lipinski definition) is 1. The smallest absolute Gasteiger partial charge is 0.0547 e. The van der Waals surface area contributed by atoms with Gasteiger partial charge < -0.3 is 9.47 Å². The van der Waals surface area contributed by atoms with E-state index < -0.39 is 0 Å². The van der Waals surface area contributed by atoms with Crippen LogP contribution >= 0.6 is 0 Å². The molecule has 0 radical (unpaired) electrons. The molecule has 0 aliphatic rings. The van der Waals surface area contributed by atoms with Crippen molar-refractivity contribution in [2.24, 2.45) is 0 Å². The molecule has 0 fully saturated rings. The van der Waals surface area contributed by atoms with Gasteiger partial charge >= 0.3 is 0 Å². The number of hydrogen-bond donors (Lipinski definition) is 0. The Balaban J connectivity index is 1.02. The summed E-state index contributed by atoms with van der Waals surface area (Å²) in [4.78, 5) is 2.49. The lowest BCUT2D eigenvalue weighted by Crippen LogP contribution is -2.12. The highest BCUT2D eigenvalue weighted by Gasteiger charge is 2.24. The first kappa shape index (κ1) is 41.5. The Morgan fingerprint density at radius 1 is 0.250 bits per heavy atom. The van der Waals surface area contributed by atoms with Crippen LogP contribution in [-0.4, -0.2) is 4.57 Å². The Hall–Kier alpha value is -9.50. The van der Waals surface area contributed by atoms with Crippen molar-refractivity contribution in [1.82, 2.24) is 4.57 Å². The van der Waals surface area contributed by atoms with Crippen LogP contribution in [0.1, 0.15) is 0 Å². The molecule has 0 aliphatic carbocycles. The topological polar surface area (TPSA) is 8.17 Å². The average molecular weight is 915 g/mol. The minimum Gasteiger partial charge on any atom is -0.309 e. The molecule has 336 valence electrons. The van der Waals surface area contributed by atoms with Gasteiger partial charge in [-0.15, -0.1) is 0 Å². The molecule has 14 aromatic rings. The van der Waals surface area contributed by atoms with Crippen molar-refractivity contribution in [3.63, 3.8) is 0 Å². The summed E-state index contributed by atoms with van der Waals surface area (Å²) in [6.07, 6.45) is 0. The standard InChI is InChI=1S/C70H46N2/c1-2-19-49(20-3-1)60-40-38-54(46-69(60)72-66-35-15-13-32-64(66)70-61-29-9-7-22-50(61)39-42-68(70)72)59-28-12-14-34-65(59)71(55-26-16-25-52(45-55)57-33-17-24-48-21-6-8-27-56(48)57)67-43-41-58(62-30-10-11-31-63(62)67)53-37-36-47-18-4-5-23-51(47)44-53/h1-46H. The predicted molar refractivity (Wildman–Crippen MR) is 307 cm³/mol. The van der Waals surface area contributed by atoms with Crippen molar-refractivity contribution in [3.05, 3.63) is 279 Å². The fourth-order valence-corrected chi connectivity index (χ4v) is 11.4. The van der Waals surface area contributed by atoms with Gasteiger partial charge in [-0.2, -0.15) is 0 Å². The summed E-state index contributed by atoms with van der Waals surface area (Å²) >= 11 is 0. The molecule has 0 saturated heterocycles. The molecule has 1 aromatic heterocycles. The summed E-state index contributed by atoms with van der Waals surface area (Å²) < 4.78 is 2.50. The summed E-state index contributed by atoms with van der Waals surface area (Å²) in [6, 6.07) is 103. The van der Waals surface area contributed by atoms with Crippen LogP contribution < -0.4 is 4.90 Å². The Morgan fingerprint density at radius 3 is 1.67 bits per heavy atom. The Labute approximate surface area is 418 Å². The zero-order valence-electron chi connectivity index (χ0n) is 39.5. The highest BCUT2D eigenvalue weighted by molar-refractivity contribution is 6.21. The van der Waals surface area contributed by atoms with Gasteiger partial charge in [0.1, 0.15) is 0 Å². The van der Waals surface area contributed by atoms with E-state index >= 15 is 0 Å². The Morgan fingerprint density at radius 2 is 0.806 bits per heavy atom. The molecule has 1 heterocycles. The van der Waals surface area contributed by atoms with Crippen molar-refractivity contribution in [1.29, 1.82) is 0 Å². The first-order chi connectivity index (χ1) is 35.7. The summed E-state index contributed by atoms with van der Waals surface area (Å²) in [6.45, 7) is 0. The minimum atomic E-state index is 1.08. The van der Waals surface area contributed by atoms with Gasteiger partial charge in [-0.3, -0.25) is 0 Å². The van der Waals surface area contributed by atoms with Gasteiger partial charge in [0, 0.05) is 33.0 Å². The number of para-hydroxylation sites is 2. The van der Waals surface area contributed by atoms with Crippen LogP contribution in [0, 0.1) is 0 Å². The van der Waals surface area contributed by atoms with Crippen molar-refractivity contribution in [2.45, 2.75) is 0 Å². The first-order valence-electron chi connectivity index (χ1n) is 24.8. The number of anilines is 3. The molecular formula is C70H46N2. The molecule has 0 amide bonds. The predicted octanol–water partition coefficient (Wildman–Crippen LogP) is 19.5. The molecule has 0 unspecified atom stereocenters. The van der Waals surface area contributed by atoms with E-state index in [-0.39, 0.29) is 0 Å². The van der Waals surface area contributed by atoms with E-state index in [1.165, 1.54) is 92.7 Å². The lowest BCUT2D eigenvalue weighted by atomic mass is 9.93. The fourth-order valence-electron chi connectivity index (χ4n) is 11.4. The summed E-state index contributed by atoms with van der Waals surface area (Å²) in [5.74, 6) is 0. The molecule has 0 spiro atoms. The second-order valence-corrected chi connectivity index (χ2v) is 18.8. The van der Waals surface area contributed by atoms with Gasteiger partial charge in [-0.05, 0) is 120 Å². The maximum Gasteiger partial charge on any atom is 0.0547 e. The third-order valence-corrected chi connectivity index (χ3v) is 14.7. The van der Waals surface area contributed by atoms with E-state index in [0.29, 0.717) is 0 Å². The molecule has 2 nitrogen and oxygen atoms in total. The van der Waals surface area contributed by atoms with E-state index in [4.69, 9.17) is 0 Å². The summed E-state index contributed by atoms with van der Waals surface area (Å²) in [7, 11) is 0. The van der Waals surface area contributed by atoms with Gasteiger partial charge in [-0.1, -0.05) is 231 Å². The molecule has 0 saturated carbocycles. The fraction of sp³-hybridized carbons (Fsp3) is 0. The van der Waals surface area contributed by atoms with E-state index in [9.17, 15) is 0 Å². The third kappa shape index (κ3) is 6.88. The van der Waals surface area contributed by atoms with Crippen LogP contribution in [0.2, 0.25) is 0 Å². The molecule has 0 bridgehead atoms. The van der Waals surface area contributed by atoms with Crippen LogP contribution in [0.25, 0.3) is 115 Å². The minimum absolute atomic E-state index is 1.08. The molecule has 0 atom stereocenters. The maximum atomic E-state index is 2.50. The van der Waals surface area contributed by atoms with Crippen molar-refractivity contribution in [2.75, 3.05) is 4.90 Å². The van der Waals surface area contributed by atoms with E-state index in [1.807, 2.05) is 0 Å². The Kier molecular flexibility index (Phi) is 9.89. The lowest BCUT2D eigenvalue weighted by Gasteiger charge is -2.30. The Bertz CT molecular complexity index is 4400. The van der Waals surface area contributed by atoms with Crippen LogP contribution in [0.4, 0.5) is 17.1 Å². The highest BCUT2D eigenvalue weighted by atomic mass is 15.1. The van der Waals surface area contributed by atoms with Crippen molar-refractivity contribution >= 4 is 82.0 Å². The first-order valence-corrected chi connectivity index (χ1v) is 24.8. The van der Waals surface area contributed by atoms with Gasteiger partial charge in [0.25, 0.3) is 0 Å². The molecule has 0 N–H and O–H groups in total.